The SMILES string of the molecule is COc1cccc(C2Oc3ccc(-c4ccccc4S(N)(=O)=O)c(N(C)C)c3O2)c1. The molecule has 0 amide bonds. The monoisotopic (exact) mass is 426 g/mol. The summed E-state index contributed by atoms with van der Waals surface area (Å²) in [6.45, 7) is 0. The first-order valence-electron chi connectivity index (χ1n) is 9.23. The van der Waals surface area contributed by atoms with E-state index in [1.54, 1.807) is 31.4 Å². The van der Waals surface area contributed by atoms with Gasteiger partial charge in [-0.2, -0.15) is 0 Å². The van der Waals surface area contributed by atoms with Crippen LogP contribution in [0.1, 0.15) is 11.9 Å². The number of fused-ring (bicyclic) bond motifs is 1. The number of anilines is 1. The first-order valence-corrected chi connectivity index (χ1v) is 10.8. The molecule has 1 aliphatic rings. The van der Waals surface area contributed by atoms with E-state index < -0.39 is 16.3 Å². The number of primary sulfonamides is 1. The molecule has 0 saturated heterocycles. The number of nitrogens with two attached hydrogens (primary N) is 1. The van der Waals surface area contributed by atoms with Crippen LogP contribution in [-0.2, 0) is 10.0 Å². The summed E-state index contributed by atoms with van der Waals surface area (Å²) in [4.78, 5) is 1.92. The predicted octanol–water partition coefficient (Wildman–Crippen LogP) is 3.55. The van der Waals surface area contributed by atoms with E-state index in [1.165, 1.54) is 6.07 Å². The van der Waals surface area contributed by atoms with Gasteiger partial charge in [0.2, 0.25) is 10.0 Å². The van der Waals surface area contributed by atoms with Crippen LogP contribution in [0.5, 0.6) is 17.2 Å². The number of hydrogen-bond donors (Lipinski definition) is 1. The van der Waals surface area contributed by atoms with E-state index in [0.29, 0.717) is 34.1 Å². The highest BCUT2D eigenvalue weighted by Crippen LogP contribution is 2.51. The van der Waals surface area contributed by atoms with Crippen molar-refractivity contribution in [3.63, 3.8) is 0 Å². The summed E-state index contributed by atoms with van der Waals surface area (Å²) < 4.78 is 41.8. The van der Waals surface area contributed by atoms with Crippen molar-refractivity contribution in [1.29, 1.82) is 0 Å². The van der Waals surface area contributed by atoms with Gasteiger partial charge < -0.3 is 19.1 Å². The Morgan fingerprint density at radius 2 is 1.73 bits per heavy atom. The second-order valence-corrected chi connectivity index (χ2v) is 8.60. The number of methoxy groups -OCH3 is 1. The summed E-state index contributed by atoms with van der Waals surface area (Å²) in [5, 5.41) is 5.45. The molecule has 0 aromatic heterocycles. The molecular formula is C22H22N2O5S. The molecule has 1 unspecified atom stereocenters. The third kappa shape index (κ3) is 3.55. The van der Waals surface area contributed by atoms with Crippen LogP contribution in [-0.4, -0.2) is 29.6 Å². The van der Waals surface area contributed by atoms with Crippen molar-refractivity contribution < 1.29 is 22.6 Å². The number of benzene rings is 3. The van der Waals surface area contributed by atoms with Crippen LogP contribution in [0.2, 0.25) is 0 Å². The van der Waals surface area contributed by atoms with Crippen molar-refractivity contribution >= 4 is 15.7 Å². The first kappa shape index (κ1) is 20.1. The summed E-state index contributed by atoms with van der Waals surface area (Å²) in [6.07, 6.45) is -0.641. The fourth-order valence-electron chi connectivity index (χ4n) is 3.53. The lowest BCUT2D eigenvalue weighted by atomic mass is 10.0. The molecule has 0 fully saturated rings. The maximum atomic E-state index is 12.1. The summed E-state index contributed by atoms with van der Waals surface area (Å²) in [6, 6.07) is 17.7. The molecule has 4 rings (SSSR count). The van der Waals surface area contributed by atoms with Gasteiger partial charge in [-0.15, -0.1) is 0 Å². The second kappa shape index (κ2) is 7.55. The average Bonchev–Trinajstić information content (AvgIpc) is 3.16. The van der Waals surface area contributed by atoms with Gasteiger partial charge in [0.1, 0.15) is 5.75 Å². The lowest BCUT2D eigenvalue weighted by Crippen LogP contribution is -2.15. The highest BCUT2D eigenvalue weighted by atomic mass is 32.2. The molecule has 7 nitrogen and oxygen atoms in total. The zero-order valence-corrected chi connectivity index (χ0v) is 17.6. The molecule has 1 atom stereocenters. The quantitative estimate of drug-likeness (QED) is 0.671. The fourth-order valence-corrected chi connectivity index (χ4v) is 4.28. The van der Waals surface area contributed by atoms with E-state index in [9.17, 15) is 8.42 Å². The van der Waals surface area contributed by atoms with Gasteiger partial charge >= 0.3 is 0 Å². The molecule has 1 aliphatic heterocycles. The number of hydrogen-bond acceptors (Lipinski definition) is 6. The minimum absolute atomic E-state index is 0.0521. The number of rotatable bonds is 5. The van der Waals surface area contributed by atoms with Crippen LogP contribution in [0.3, 0.4) is 0 Å². The number of ether oxygens (including phenoxy) is 3. The van der Waals surface area contributed by atoms with Crippen LogP contribution in [0.15, 0.2) is 65.6 Å². The largest absolute Gasteiger partial charge is 0.497 e. The third-order valence-electron chi connectivity index (χ3n) is 4.85. The zero-order chi connectivity index (χ0) is 21.5. The Hall–Kier alpha value is -3.23. The van der Waals surface area contributed by atoms with E-state index in [2.05, 4.69) is 0 Å². The topological polar surface area (TPSA) is 91.1 Å². The number of nitrogens with zero attached hydrogens (tertiary/aromatic N) is 1. The van der Waals surface area contributed by atoms with E-state index in [0.717, 1.165) is 5.56 Å². The average molecular weight is 426 g/mol. The minimum atomic E-state index is -3.90. The van der Waals surface area contributed by atoms with E-state index in [4.69, 9.17) is 19.3 Å². The lowest BCUT2D eigenvalue weighted by molar-refractivity contribution is 0.0487. The van der Waals surface area contributed by atoms with Gasteiger partial charge in [0, 0.05) is 30.8 Å². The summed E-state index contributed by atoms with van der Waals surface area (Å²) in [5.41, 5.74) is 2.69. The molecule has 3 aromatic rings. The molecule has 8 heteroatoms. The Morgan fingerprint density at radius 1 is 0.967 bits per heavy atom. The van der Waals surface area contributed by atoms with Gasteiger partial charge in [-0.1, -0.05) is 30.3 Å². The van der Waals surface area contributed by atoms with Gasteiger partial charge in [0.15, 0.2) is 11.5 Å². The van der Waals surface area contributed by atoms with Crippen molar-refractivity contribution in [3.05, 3.63) is 66.2 Å². The van der Waals surface area contributed by atoms with Crippen molar-refractivity contribution in [1.82, 2.24) is 0 Å². The molecular weight excluding hydrogens is 404 g/mol. The van der Waals surface area contributed by atoms with Gasteiger partial charge in [0.25, 0.3) is 6.29 Å². The Balaban J connectivity index is 1.83. The van der Waals surface area contributed by atoms with Gasteiger partial charge in [0.05, 0.1) is 17.7 Å². The van der Waals surface area contributed by atoms with Crippen LogP contribution in [0.4, 0.5) is 5.69 Å². The number of sulfonamides is 1. The zero-order valence-electron chi connectivity index (χ0n) is 16.8. The summed E-state index contributed by atoms with van der Waals surface area (Å²) >= 11 is 0. The molecule has 1 heterocycles. The predicted molar refractivity (Wildman–Crippen MR) is 115 cm³/mol. The highest BCUT2D eigenvalue weighted by Gasteiger charge is 2.32. The normalized spacial score (nSPS) is 15.1. The Morgan fingerprint density at radius 3 is 2.43 bits per heavy atom. The molecule has 156 valence electrons. The van der Waals surface area contributed by atoms with E-state index >= 15 is 0 Å². The molecule has 0 saturated carbocycles. The van der Waals surface area contributed by atoms with Crippen LogP contribution in [0, 0.1) is 0 Å². The van der Waals surface area contributed by atoms with E-state index in [1.807, 2.05) is 49.3 Å². The van der Waals surface area contributed by atoms with Crippen molar-refractivity contribution in [2.24, 2.45) is 5.14 Å². The molecule has 0 spiro atoms. The summed E-state index contributed by atoms with van der Waals surface area (Å²) in [5.74, 6) is 1.81. The van der Waals surface area contributed by atoms with Crippen molar-refractivity contribution in [2.45, 2.75) is 11.2 Å². The summed E-state index contributed by atoms with van der Waals surface area (Å²) in [7, 11) is 1.42. The third-order valence-corrected chi connectivity index (χ3v) is 5.82. The van der Waals surface area contributed by atoms with Gasteiger partial charge in [-0.05, 0) is 30.3 Å². The lowest BCUT2D eigenvalue weighted by Gasteiger charge is -2.21. The van der Waals surface area contributed by atoms with Crippen LogP contribution < -0.4 is 24.2 Å². The Labute approximate surface area is 175 Å². The van der Waals surface area contributed by atoms with Crippen LogP contribution in [0.25, 0.3) is 11.1 Å². The van der Waals surface area contributed by atoms with Crippen molar-refractivity contribution in [3.8, 4) is 28.4 Å². The van der Waals surface area contributed by atoms with E-state index in [-0.39, 0.29) is 4.90 Å². The standard InChI is InChI=1S/C22H22N2O5S/c1-24(2)20-17(16-9-4-5-10-19(16)30(23,25)26)11-12-18-21(20)29-22(28-18)14-7-6-8-15(13-14)27-3/h4-13,22H,1-3H3,(H2,23,25,26). The van der Waals surface area contributed by atoms with Crippen LogP contribution >= 0.6 is 0 Å². The smallest absolute Gasteiger partial charge is 0.268 e. The maximum absolute atomic E-state index is 12.1. The van der Waals surface area contributed by atoms with Crippen molar-refractivity contribution in [2.75, 3.05) is 26.1 Å². The Bertz CT molecular complexity index is 1210. The minimum Gasteiger partial charge on any atom is -0.497 e. The second-order valence-electron chi connectivity index (χ2n) is 7.07. The molecule has 0 bridgehead atoms. The molecule has 0 radical (unpaired) electrons. The highest BCUT2D eigenvalue weighted by molar-refractivity contribution is 7.89. The maximum Gasteiger partial charge on any atom is 0.268 e. The Kier molecular flexibility index (Phi) is 5.05. The molecule has 2 N–H and O–H groups in total. The molecule has 30 heavy (non-hydrogen) atoms. The molecule has 3 aromatic carbocycles. The first-order chi connectivity index (χ1) is 14.3. The molecule has 0 aliphatic carbocycles. The van der Waals surface area contributed by atoms with Gasteiger partial charge in [-0.25, -0.2) is 13.6 Å². The van der Waals surface area contributed by atoms with Gasteiger partial charge in [-0.3, -0.25) is 0 Å². The fraction of sp³-hybridized carbons (Fsp3) is 0.182.